The molecule has 4 heteroatoms. The highest BCUT2D eigenvalue weighted by atomic mass is 16.5. The zero-order valence-corrected chi connectivity index (χ0v) is 13.0. The molecule has 1 heterocycles. The van der Waals surface area contributed by atoms with Crippen molar-refractivity contribution < 1.29 is 9.53 Å². The third-order valence-corrected chi connectivity index (χ3v) is 3.47. The highest BCUT2D eigenvalue weighted by Gasteiger charge is 2.17. The number of nitrogens with zero attached hydrogens (tertiary/aromatic N) is 2. The fraction of sp³-hybridized carbons (Fsp3) is 0.158. The first-order chi connectivity index (χ1) is 11.3. The van der Waals surface area contributed by atoms with Crippen LogP contribution >= 0.6 is 0 Å². The van der Waals surface area contributed by atoms with Crippen molar-refractivity contribution in [2.24, 2.45) is 0 Å². The van der Waals surface area contributed by atoms with Crippen LogP contribution in [0, 0.1) is 0 Å². The van der Waals surface area contributed by atoms with E-state index in [1.165, 1.54) is 0 Å². The third-order valence-electron chi connectivity index (χ3n) is 3.47. The first kappa shape index (κ1) is 15.0. The van der Waals surface area contributed by atoms with Gasteiger partial charge >= 0.3 is 5.97 Å². The van der Waals surface area contributed by atoms with Crippen LogP contribution in [0.3, 0.4) is 0 Å². The van der Waals surface area contributed by atoms with E-state index in [4.69, 9.17) is 4.74 Å². The van der Waals surface area contributed by atoms with Gasteiger partial charge < -0.3 is 4.74 Å². The molecule has 0 aliphatic carbocycles. The summed E-state index contributed by atoms with van der Waals surface area (Å²) in [4.78, 5) is 12.2. The number of ether oxygens (including phenoxy) is 1. The second-order valence-electron chi connectivity index (χ2n) is 5.15. The second-order valence-corrected chi connectivity index (χ2v) is 5.15. The Bertz CT molecular complexity index is 780. The van der Waals surface area contributed by atoms with Crippen LogP contribution in [0.5, 0.6) is 0 Å². The van der Waals surface area contributed by atoms with Gasteiger partial charge in [0, 0.05) is 6.42 Å². The first-order valence-corrected chi connectivity index (χ1v) is 7.63. The van der Waals surface area contributed by atoms with Crippen molar-refractivity contribution in [3.05, 3.63) is 83.7 Å². The maximum Gasteiger partial charge on any atom is 0.357 e. The summed E-state index contributed by atoms with van der Waals surface area (Å²) in [6, 6.07) is 21.5. The van der Waals surface area contributed by atoms with Gasteiger partial charge in [-0.15, -0.1) is 0 Å². The molecular weight excluding hydrogens is 288 g/mol. The van der Waals surface area contributed by atoms with Gasteiger partial charge in [0.15, 0.2) is 5.69 Å². The second kappa shape index (κ2) is 6.92. The molecule has 0 saturated heterocycles. The van der Waals surface area contributed by atoms with E-state index < -0.39 is 0 Å². The average molecular weight is 306 g/mol. The van der Waals surface area contributed by atoms with Crippen molar-refractivity contribution in [2.45, 2.75) is 13.3 Å². The van der Waals surface area contributed by atoms with Crippen LogP contribution in [0.4, 0.5) is 0 Å². The minimum Gasteiger partial charge on any atom is -0.461 e. The van der Waals surface area contributed by atoms with Gasteiger partial charge in [-0.25, -0.2) is 9.48 Å². The Hall–Kier alpha value is -2.88. The van der Waals surface area contributed by atoms with Crippen LogP contribution in [0.1, 0.15) is 28.7 Å². The zero-order chi connectivity index (χ0) is 16.1. The number of hydrogen-bond acceptors (Lipinski definition) is 3. The van der Waals surface area contributed by atoms with Crippen molar-refractivity contribution in [3.63, 3.8) is 0 Å². The maximum absolute atomic E-state index is 12.2. The standard InChI is InChI=1S/C19H18N2O2/c1-2-23-19(22)18-14-16(13-15-9-5-3-6-10-15)20-21(18)17-11-7-4-8-12-17/h3-12,14H,2,13H2,1H3. The molecule has 3 rings (SSSR count). The summed E-state index contributed by atoms with van der Waals surface area (Å²) < 4.78 is 6.80. The predicted octanol–water partition coefficient (Wildman–Crippen LogP) is 3.64. The molecule has 0 fully saturated rings. The lowest BCUT2D eigenvalue weighted by atomic mass is 10.1. The van der Waals surface area contributed by atoms with Crippen LogP contribution in [0.15, 0.2) is 66.7 Å². The van der Waals surface area contributed by atoms with Crippen LogP contribution in [-0.4, -0.2) is 22.4 Å². The molecule has 0 amide bonds. The summed E-state index contributed by atoms with van der Waals surface area (Å²) in [7, 11) is 0. The fourth-order valence-corrected chi connectivity index (χ4v) is 2.44. The molecule has 3 aromatic rings. The van der Waals surface area contributed by atoms with E-state index in [0.717, 1.165) is 16.9 Å². The summed E-state index contributed by atoms with van der Waals surface area (Å²) in [5, 5.41) is 4.59. The van der Waals surface area contributed by atoms with Crippen LogP contribution < -0.4 is 0 Å². The molecule has 0 saturated carbocycles. The molecule has 0 aliphatic rings. The molecule has 0 aliphatic heterocycles. The minimum atomic E-state index is -0.358. The van der Waals surface area contributed by atoms with E-state index in [1.807, 2.05) is 60.7 Å². The summed E-state index contributed by atoms with van der Waals surface area (Å²) in [6.07, 6.45) is 0.674. The monoisotopic (exact) mass is 306 g/mol. The van der Waals surface area contributed by atoms with Gasteiger partial charge in [0.1, 0.15) is 0 Å². The predicted molar refractivity (Wildman–Crippen MR) is 88.8 cm³/mol. The Morgan fingerprint density at radius 1 is 1.04 bits per heavy atom. The number of rotatable bonds is 5. The smallest absolute Gasteiger partial charge is 0.357 e. The van der Waals surface area contributed by atoms with Crippen molar-refractivity contribution in [1.29, 1.82) is 0 Å². The Kier molecular flexibility index (Phi) is 4.52. The number of carbonyl (C=O) groups excluding carboxylic acids is 1. The number of aromatic nitrogens is 2. The number of esters is 1. The molecule has 0 radical (unpaired) electrons. The fourth-order valence-electron chi connectivity index (χ4n) is 2.44. The van der Waals surface area contributed by atoms with Crippen molar-refractivity contribution in [2.75, 3.05) is 6.61 Å². The highest BCUT2D eigenvalue weighted by Crippen LogP contribution is 2.16. The quantitative estimate of drug-likeness (QED) is 0.676. The molecule has 0 N–H and O–H groups in total. The molecule has 0 atom stereocenters. The molecule has 2 aromatic carbocycles. The number of carbonyl (C=O) groups is 1. The van der Waals surface area contributed by atoms with Gasteiger partial charge in [0.05, 0.1) is 18.0 Å². The normalized spacial score (nSPS) is 10.5. The Labute approximate surface area is 135 Å². The molecule has 23 heavy (non-hydrogen) atoms. The van der Waals surface area contributed by atoms with Crippen molar-refractivity contribution >= 4 is 5.97 Å². The first-order valence-electron chi connectivity index (χ1n) is 7.63. The largest absolute Gasteiger partial charge is 0.461 e. The van der Waals surface area contributed by atoms with Crippen molar-refractivity contribution in [1.82, 2.24) is 9.78 Å². The number of hydrogen-bond donors (Lipinski definition) is 0. The Morgan fingerprint density at radius 3 is 2.35 bits per heavy atom. The lowest BCUT2D eigenvalue weighted by Gasteiger charge is -2.06. The van der Waals surface area contributed by atoms with E-state index in [9.17, 15) is 4.79 Å². The summed E-state index contributed by atoms with van der Waals surface area (Å²) in [6.45, 7) is 2.14. The zero-order valence-electron chi connectivity index (χ0n) is 13.0. The topological polar surface area (TPSA) is 44.1 Å². The van der Waals surface area contributed by atoms with Gasteiger partial charge in [-0.1, -0.05) is 48.5 Å². The minimum absolute atomic E-state index is 0.340. The SMILES string of the molecule is CCOC(=O)c1cc(Cc2ccccc2)nn1-c1ccccc1. The molecule has 1 aromatic heterocycles. The van der Waals surface area contributed by atoms with E-state index in [2.05, 4.69) is 5.10 Å². The van der Waals surface area contributed by atoms with Crippen LogP contribution in [0.25, 0.3) is 5.69 Å². The van der Waals surface area contributed by atoms with E-state index >= 15 is 0 Å². The molecule has 116 valence electrons. The number of para-hydroxylation sites is 1. The van der Waals surface area contributed by atoms with Gasteiger partial charge in [0.2, 0.25) is 0 Å². The van der Waals surface area contributed by atoms with Gasteiger partial charge in [-0.3, -0.25) is 0 Å². The summed E-state index contributed by atoms with van der Waals surface area (Å²) in [5.74, 6) is -0.358. The van der Waals surface area contributed by atoms with Gasteiger partial charge in [-0.05, 0) is 30.7 Å². The van der Waals surface area contributed by atoms with E-state index in [0.29, 0.717) is 18.7 Å². The molecular formula is C19H18N2O2. The lowest BCUT2D eigenvalue weighted by Crippen LogP contribution is -2.11. The van der Waals surface area contributed by atoms with Gasteiger partial charge in [-0.2, -0.15) is 5.10 Å². The molecule has 0 spiro atoms. The molecule has 0 unspecified atom stereocenters. The van der Waals surface area contributed by atoms with Crippen LogP contribution in [0.2, 0.25) is 0 Å². The summed E-state index contributed by atoms with van der Waals surface area (Å²) >= 11 is 0. The van der Waals surface area contributed by atoms with Crippen LogP contribution in [-0.2, 0) is 11.2 Å². The van der Waals surface area contributed by atoms with E-state index in [-0.39, 0.29) is 5.97 Å². The maximum atomic E-state index is 12.2. The Morgan fingerprint density at radius 2 is 1.70 bits per heavy atom. The highest BCUT2D eigenvalue weighted by molar-refractivity contribution is 5.88. The van der Waals surface area contributed by atoms with Crippen molar-refractivity contribution in [3.8, 4) is 5.69 Å². The third kappa shape index (κ3) is 3.48. The molecule has 4 nitrogen and oxygen atoms in total. The van der Waals surface area contributed by atoms with E-state index in [1.54, 1.807) is 17.7 Å². The lowest BCUT2D eigenvalue weighted by molar-refractivity contribution is 0.0515. The van der Waals surface area contributed by atoms with Gasteiger partial charge in [0.25, 0.3) is 0 Å². The number of benzene rings is 2. The Balaban J connectivity index is 1.98. The molecule has 0 bridgehead atoms. The summed E-state index contributed by atoms with van der Waals surface area (Å²) in [5.41, 5.74) is 3.28. The average Bonchev–Trinajstić information content (AvgIpc) is 3.01.